The van der Waals surface area contributed by atoms with Crippen molar-refractivity contribution in [3.8, 4) is 17.3 Å². The van der Waals surface area contributed by atoms with Gasteiger partial charge >= 0.3 is 0 Å². The van der Waals surface area contributed by atoms with Crippen LogP contribution in [0.5, 0.6) is 11.5 Å². The maximum absolute atomic E-state index is 7.07. The van der Waals surface area contributed by atoms with E-state index in [1.807, 2.05) is 6.20 Å². The Kier molecular flexibility index (Phi) is 8.75. The van der Waals surface area contributed by atoms with E-state index >= 15 is 0 Å². The van der Waals surface area contributed by atoms with Crippen molar-refractivity contribution >= 4 is 33.3 Å². The lowest BCUT2D eigenvalue weighted by Gasteiger charge is -2.48. The summed E-state index contributed by atoms with van der Waals surface area (Å²) in [7, 11) is 0. The second-order valence-electron chi connectivity index (χ2n) is 18.8. The van der Waals surface area contributed by atoms with Crippen LogP contribution in [0.3, 0.4) is 0 Å². The first-order valence-corrected chi connectivity index (χ1v) is 21.6. The lowest BCUT2D eigenvalue weighted by molar-refractivity contribution is 0.279. The van der Waals surface area contributed by atoms with Crippen molar-refractivity contribution in [1.29, 1.82) is 0 Å². The third-order valence-corrected chi connectivity index (χ3v) is 14.0. The molecule has 5 nitrogen and oxygen atoms in total. The number of para-hydroxylation sites is 1. The molecule has 6 aromatic carbocycles. The van der Waals surface area contributed by atoms with E-state index < -0.39 is 11.1 Å². The van der Waals surface area contributed by atoms with E-state index in [1.54, 1.807) is 0 Å². The van der Waals surface area contributed by atoms with Crippen molar-refractivity contribution in [3.05, 3.63) is 195 Å². The number of pyridine rings is 1. The minimum atomic E-state index is -0.583. The molecule has 0 bridgehead atoms. The highest BCUT2D eigenvalue weighted by atomic mass is 16.5. The summed E-state index contributed by atoms with van der Waals surface area (Å²) in [6, 6.07) is 48.5. The molecule has 0 spiro atoms. The minimum Gasteiger partial charge on any atom is -0.457 e. The monoisotopic (exact) mass is 798 g/mol. The lowest BCUT2D eigenvalue weighted by atomic mass is 9.67. The van der Waals surface area contributed by atoms with Crippen LogP contribution in [0.15, 0.2) is 145 Å². The van der Waals surface area contributed by atoms with Gasteiger partial charge in [0.1, 0.15) is 23.2 Å². The number of anilines is 1. The van der Waals surface area contributed by atoms with Gasteiger partial charge in [-0.25, -0.2) is 4.98 Å². The first kappa shape index (κ1) is 38.7. The van der Waals surface area contributed by atoms with E-state index in [-0.39, 0.29) is 11.3 Å². The standard InChI is InChI=1S/C56H54N4O/c1-34-27-41(52-58-56(10,55(8,9)60(52)50-36(3)19-17-20-37(50)4)49(39-21-13-11-14-22-39)40-23-15-12-16-24-40)32-42(28-34)61-48-33-47-43(31-38(48)5)44-29-35(2)30-46-51(44)59(47)53-45(54(46,6)7)25-18-26-57-53/h11-33,49H,1-10H3/t56-/m1/s1. The van der Waals surface area contributed by atoms with Crippen molar-refractivity contribution in [3.63, 3.8) is 0 Å². The van der Waals surface area contributed by atoms with Gasteiger partial charge in [0.2, 0.25) is 0 Å². The van der Waals surface area contributed by atoms with Crippen molar-refractivity contribution in [2.75, 3.05) is 4.90 Å². The molecule has 2 aromatic heterocycles. The Bertz CT molecular complexity index is 3020. The SMILES string of the molecule is Cc1cc(Oc2cc3c(cc2C)c2cc(C)cc4c2n3-c2ncccc2C4(C)C)cc(C2=N[C@](C)(C(c3ccccc3)c3ccccc3)C(C)(C)N2c2c(C)cccc2C)c1. The van der Waals surface area contributed by atoms with Crippen molar-refractivity contribution in [2.45, 2.75) is 91.6 Å². The summed E-state index contributed by atoms with van der Waals surface area (Å²) in [4.78, 5) is 13.5. The molecule has 0 aliphatic carbocycles. The molecule has 0 amide bonds. The molecule has 304 valence electrons. The Hall–Kier alpha value is -6.46. The van der Waals surface area contributed by atoms with Gasteiger partial charge in [-0.2, -0.15) is 0 Å². The number of ether oxygens (including phenoxy) is 1. The number of rotatable bonds is 7. The molecular formula is C56H54N4O. The largest absolute Gasteiger partial charge is 0.457 e. The van der Waals surface area contributed by atoms with Crippen molar-refractivity contribution in [1.82, 2.24) is 9.55 Å². The summed E-state index contributed by atoms with van der Waals surface area (Å²) in [5, 5.41) is 2.46. The van der Waals surface area contributed by atoms with Gasteiger partial charge in [-0.3, -0.25) is 9.56 Å². The van der Waals surface area contributed by atoms with Crippen LogP contribution >= 0.6 is 0 Å². The predicted molar refractivity (Wildman–Crippen MR) is 254 cm³/mol. The van der Waals surface area contributed by atoms with Crippen LogP contribution < -0.4 is 9.64 Å². The van der Waals surface area contributed by atoms with Crippen LogP contribution in [0.2, 0.25) is 0 Å². The van der Waals surface area contributed by atoms with E-state index in [1.165, 1.54) is 60.9 Å². The fraction of sp³-hybridized carbons (Fsp3) is 0.250. The quantitative estimate of drug-likeness (QED) is 0.161. The highest BCUT2D eigenvalue weighted by Gasteiger charge is 2.57. The van der Waals surface area contributed by atoms with Gasteiger partial charge in [-0.05, 0) is 131 Å². The van der Waals surface area contributed by atoms with Gasteiger partial charge in [0.05, 0.1) is 22.1 Å². The minimum absolute atomic E-state index is 0.0165. The summed E-state index contributed by atoms with van der Waals surface area (Å²) in [5.74, 6) is 3.51. The number of hydrogen-bond acceptors (Lipinski definition) is 4. The highest BCUT2D eigenvalue weighted by molar-refractivity contribution is 6.14. The van der Waals surface area contributed by atoms with E-state index in [0.717, 1.165) is 45.4 Å². The fourth-order valence-electron chi connectivity index (χ4n) is 10.7. The molecule has 0 N–H and O–H groups in total. The number of aromatic nitrogens is 2. The molecule has 2 aliphatic rings. The molecule has 0 unspecified atom stereocenters. The van der Waals surface area contributed by atoms with E-state index in [2.05, 4.69) is 212 Å². The van der Waals surface area contributed by atoms with Crippen LogP contribution in [0, 0.1) is 34.6 Å². The van der Waals surface area contributed by atoms with Gasteiger partial charge in [-0.15, -0.1) is 0 Å². The molecule has 0 radical (unpaired) electrons. The molecule has 2 aliphatic heterocycles. The number of aryl methyl sites for hydroxylation is 5. The average Bonchev–Trinajstić information content (AvgIpc) is 3.64. The summed E-state index contributed by atoms with van der Waals surface area (Å²) < 4.78 is 9.43. The number of amidine groups is 1. The van der Waals surface area contributed by atoms with Crippen molar-refractivity contribution in [2.24, 2.45) is 4.99 Å². The zero-order valence-electron chi connectivity index (χ0n) is 37.1. The predicted octanol–water partition coefficient (Wildman–Crippen LogP) is 13.8. The smallest absolute Gasteiger partial charge is 0.141 e. The normalized spacial score (nSPS) is 17.6. The maximum Gasteiger partial charge on any atom is 0.141 e. The van der Waals surface area contributed by atoms with Crippen LogP contribution in [0.4, 0.5) is 5.69 Å². The third kappa shape index (κ3) is 5.80. The Labute approximate surface area is 360 Å². The van der Waals surface area contributed by atoms with Gasteiger partial charge in [0.15, 0.2) is 0 Å². The fourth-order valence-corrected chi connectivity index (χ4v) is 10.7. The van der Waals surface area contributed by atoms with Crippen LogP contribution in [-0.2, 0) is 5.41 Å². The summed E-state index contributed by atoms with van der Waals surface area (Å²) in [6.07, 6.45) is 1.91. The highest BCUT2D eigenvalue weighted by Crippen LogP contribution is 2.53. The molecule has 5 heteroatoms. The van der Waals surface area contributed by atoms with Gasteiger partial charge < -0.3 is 9.64 Å². The Balaban J connectivity index is 1.15. The van der Waals surface area contributed by atoms with E-state index in [9.17, 15) is 0 Å². The Morgan fingerprint density at radius 1 is 0.590 bits per heavy atom. The number of hydrogen-bond donors (Lipinski definition) is 0. The molecule has 61 heavy (non-hydrogen) atoms. The summed E-state index contributed by atoms with van der Waals surface area (Å²) >= 11 is 0. The zero-order valence-corrected chi connectivity index (χ0v) is 37.1. The van der Waals surface area contributed by atoms with E-state index in [4.69, 9.17) is 14.7 Å². The van der Waals surface area contributed by atoms with Crippen LogP contribution in [0.1, 0.15) is 96.2 Å². The van der Waals surface area contributed by atoms with Gasteiger partial charge in [0.25, 0.3) is 0 Å². The molecule has 0 saturated heterocycles. The second-order valence-corrected chi connectivity index (χ2v) is 18.8. The molecule has 1 atom stereocenters. The number of fused-ring (bicyclic) bond motifs is 5. The number of nitrogens with zero attached hydrogens (tertiary/aromatic N) is 4. The molecule has 8 aromatic rings. The Morgan fingerprint density at radius 3 is 1.92 bits per heavy atom. The van der Waals surface area contributed by atoms with Gasteiger partial charge in [-0.1, -0.05) is 110 Å². The second kappa shape index (κ2) is 13.8. The first-order chi connectivity index (χ1) is 29.2. The first-order valence-electron chi connectivity index (χ1n) is 21.6. The van der Waals surface area contributed by atoms with Gasteiger partial charge in [0, 0.05) is 51.2 Å². The molecular weight excluding hydrogens is 745 g/mol. The molecule has 10 rings (SSSR count). The topological polar surface area (TPSA) is 42.6 Å². The lowest BCUT2D eigenvalue weighted by Crippen LogP contribution is -2.57. The number of aliphatic imine (C=N–C) groups is 1. The molecule has 0 saturated carbocycles. The van der Waals surface area contributed by atoms with E-state index in [0.29, 0.717) is 0 Å². The average molecular weight is 799 g/mol. The van der Waals surface area contributed by atoms with Crippen LogP contribution in [0.25, 0.3) is 27.6 Å². The zero-order chi connectivity index (χ0) is 42.6. The Morgan fingerprint density at radius 2 is 1.25 bits per heavy atom. The van der Waals surface area contributed by atoms with Crippen molar-refractivity contribution < 1.29 is 4.74 Å². The maximum atomic E-state index is 7.07. The number of benzene rings is 6. The summed E-state index contributed by atoms with van der Waals surface area (Å²) in [5.41, 5.74) is 14.2. The third-order valence-electron chi connectivity index (χ3n) is 14.0. The molecule has 0 fully saturated rings. The van der Waals surface area contributed by atoms with Crippen LogP contribution in [-0.4, -0.2) is 26.5 Å². The molecule has 4 heterocycles. The summed E-state index contributed by atoms with van der Waals surface area (Å²) in [6.45, 7) is 22.7.